The van der Waals surface area contributed by atoms with E-state index in [1.54, 1.807) is 7.11 Å². The number of aryl methyl sites for hydroxylation is 1. The fourth-order valence-corrected chi connectivity index (χ4v) is 3.30. The van der Waals surface area contributed by atoms with Crippen molar-refractivity contribution in [1.29, 1.82) is 0 Å². The van der Waals surface area contributed by atoms with Crippen molar-refractivity contribution in [1.82, 2.24) is 0 Å². The van der Waals surface area contributed by atoms with E-state index in [0.29, 0.717) is 22.9 Å². The Labute approximate surface area is 122 Å². The third-order valence-corrected chi connectivity index (χ3v) is 4.34. The molecule has 1 unspecified atom stereocenters. The number of nitrogens with two attached hydrogens (primary N) is 1. The molecule has 20 heavy (non-hydrogen) atoms. The van der Waals surface area contributed by atoms with Gasteiger partial charge in [-0.15, -0.1) is 0 Å². The molecule has 0 aliphatic heterocycles. The van der Waals surface area contributed by atoms with Crippen LogP contribution in [0.15, 0.2) is 42.5 Å². The average Bonchev–Trinajstić information content (AvgIpc) is 2.38. The molecule has 0 amide bonds. The van der Waals surface area contributed by atoms with Gasteiger partial charge in [-0.1, -0.05) is 35.9 Å². The van der Waals surface area contributed by atoms with Crippen molar-refractivity contribution in [2.45, 2.75) is 18.4 Å². The zero-order valence-electron chi connectivity index (χ0n) is 11.8. The number of ether oxygens (including phenoxy) is 1. The van der Waals surface area contributed by atoms with Gasteiger partial charge in [0.2, 0.25) is 0 Å². The smallest absolute Gasteiger partial charge is 0.141 e. The first-order valence-corrected chi connectivity index (χ1v) is 7.90. The van der Waals surface area contributed by atoms with Crippen LogP contribution in [0.5, 0.6) is 5.75 Å². The zero-order valence-corrected chi connectivity index (χ0v) is 12.6. The highest BCUT2D eigenvalue weighted by Crippen LogP contribution is 2.23. The van der Waals surface area contributed by atoms with Crippen LogP contribution in [0.4, 0.5) is 5.69 Å². The molecule has 0 fully saturated rings. The predicted molar refractivity (Wildman–Crippen MR) is 84.1 cm³/mol. The first-order chi connectivity index (χ1) is 9.58. The minimum Gasteiger partial charge on any atom is -0.495 e. The summed E-state index contributed by atoms with van der Waals surface area (Å²) in [6.07, 6.45) is 0. The van der Waals surface area contributed by atoms with Gasteiger partial charge in [0.25, 0.3) is 0 Å². The maximum atomic E-state index is 12.2. The van der Waals surface area contributed by atoms with E-state index in [4.69, 9.17) is 10.5 Å². The highest BCUT2D eigenvalue weighted by Gasteiger charge is 2.06. The largest absolute Gasteiger partial charge is 0.495 e. The summed E-state index contributed by atoms with van der Waals surface area (Å²) < 4.78 is 17.3. The second-order valence-corrected chi connectivity index (χ2v) is 6.25. The van der Waals surface area contributed by atoms with Gasteiger partial charge in [-0.05, 0) is 30.2 Å². The van der Waals surface area contributed by atoms with Crippen LogP contribution >= 0.6 is 0 Å². The van der Waals surface area contributed by atoms with Crippen LogP contribution in [0, 0.1) is 6.92 Å². The molecule has 0 bridgehead atoms. The Hall–Kier alpha value is -1.81. The van der Waals surface area contributed by atoms with Crippen LogP contribution in [-0.4, -0.2) is 11.3 Å². The molecular weight excluding hydrogens is 270 g/mol. The first kappa shape index (κ1) is 14.6. The summed E-state index contributed by atoms with van der Waals surface area (Å²) in [5, 5.41) is 0. The summed E-state index contributed by atoms with van der Waals surface area (Å²) >= 11 is 0. The van der Waals surface area contributed by atoms with Gasteiger partial charge in [0.1, 0.15) is 5.75 Å². The van der Waals surface area contributed by atoms with E-state index in [0.717, 1.165) is 11.1 Å². The minimum atomic E-state index is -0.943. The molecule has 0 heterocycles. The summed E-state index contributed by atoms with van der Waals surface area (Å²) in [6, 6.07) is 13.7. The van der Waals surface area contributed by atoms with Crippen molar-refractivity contribution >= 4 is 16.5 Å². The average molecular weight is 289 g/mol. The van der Waals surface area contributed by atoms with E-state index < -0.39 is 10.8 Å². The molecule has 1 atom stereocenters. The SMILES string of the molecule is COc1ccc(CS(=O)Cc2cccc(C)c2)cc1N. The van der Waals surface area contributed by atoms with Gasteiger partial charge >= 0.3 is 0 Å². The number of hydrogen-bond acceptors (Lipinski definition) is 3. The lowest BCUT2D eigenvalue weighted by atomic mass is 10.2. The molecule has 0 aromatic heterocycles. The number of methoxy groups -OCH3 is 1. The van der Waals surface area contributed by atoms with Crippen molar-refractivity contribution < 1.29 is 8.95 Å². The predicted octanol–water partition coefficient (Wildman–Crippen LogP) is 3.03. The Bertz CT molecular complexity index is 626. The summed E-state index contributed by atoms with van der Waals surface area (Å²) in [6.45, 7) is 2.04. The molecule has 0 aliphatic rings. The Morgan fingerprint density at radius 2 is 1.80 bits per heavy atom. The monoisotopic (exact) mass is 289 g/mol. The highest BCUT2D eigenvalue weighted by atomic mass is 32.2. The van der Waals surface area contributed by atoms with Crippen molar-refractivity contribution in [3.63, 3.8) is 0 Å². The molecule has 0 radical (unpaired) electrons. The minimum absolute atomic E-state index is 0.502. The van der Waals surface area contributed by atoms with Gasteiger partial charge in [-0.25, -0.2) is 0 Å². The van der Waals surface area contributed by atoms with E-state index in [9.17, 15) is 4.21 Å². The Balaban J connectivity index is 2.03. The molecule has 2 rings (SSSR count). The van der Waals surface area contributed by atoms with Crippen molar-refractivity contribution in [2.75, 3.05) is 12.8 Å². The summed E-state index contributed by atoms with van der Waals surface area (Å²) in [5.41, 5.74) is 9.69. The third kappa shape index (κ3) is 3.84. The van der Waals surface area contributed by atoms with Crippen LogP contribution in [0.2, 0.25) is 0 Å². The lowest BCUT2D eigenvalue weighted by molar-refractivity contribution is 0.417. The normalized spacial score (nSPS) is 12.1. The summed E-state index contributed by atoms with van der Waals surface area (Å²) in [5.74, 6) is 1.72. The summed E-state index contributed by atoms with van der Waals surface area (Å²) in [7, 11) is 0.641. The van der Waals surface area contributed by atoms with E-state index >= 15 is 0 Å². The van der Waals surface area contributed by atoms with Crippen molar-refractivity contribution in [3.8, 4) is 5.75 Å². The standard InChI is InChI=1S/C16H19NO2S/c1-12-4-3-5-13(8-12)10-20(18)11-14-6-7-16(19-2)15(17)9-14/h3-9H,10-11,17H2,1-2H3. The fraction of sp³-hybridized carbons (Fsp3) is 0.250. The highest BCUT2D eigenvalue weighted by molar-refractivity contribution is 7.83. The van der Waals surface area contributed by atoms with Crippen LogP contribution in [0.25, 0.3) is 0 Å². The molecular formula is C16H19NO2S. The molecule has 0 spiro atoms. The molecule has 2 aromatic carbocycles. The molecule has 2 N–H and O–H groups in total. The first-order valence-electron chi connectivity index (χ1n) is 6.41. The maximum Gasteiger partial charge on any atom is 0.141 e. The number of nitrogen functional groups attached to an aromatic ring is 1. The Kier molecular flexibility index (Phi) is 4.79. The maximum absolute atomic E-state index is 12.2. The van der Waals surface area contributed by atoms with Crippen LogP contribution in [0.3, 0.4) is 0 Å². The van der Waals surface area contributed by atoms with Gasteiger partial charge < -0.3 is 10.5 Å². The lowest BCUT2D eigenvalue weighted by Gasteiger charge is -2.07. The number of hydrogen-bond donors (Lipinski definition) is 1. The molecule has 0 saturated carbocycles. The number of anilines is 1. The van der Waals surface area contributed by atoms with Gasteiger partial charge in [0.05, 0.1) is 12.8 Å². The topological polar surface area (TPSA) is 52.3 Å². The second-order valence-electron chi connectivity index (χ2n) is 4.79. The zero-order chi connectivity index (χ0) is 14.5. The van der Waals surface area contributed by atoms with Gasteiger partial charge in [-0.2, -0.15) is 0 Å². The fourth-order valence-electron chi connectivity index (χ4n) is 2.10. The van der Waals surface area contributed by atoms with Gasteiger partial charge in [-0.3, -0.25) is 4.21 Å². The van der Waals surface area contributed by atoms with Gasteiger partial charge in [0, 0.05) is 22.3 Å². The summed E-state index contributed by atoms with van der Waals surface area (Å²) in [4.78, 5) is 0. The quantitative estimate of drug-likeness (QED) is 0.861. The van der Waals surface area contributed by atoms with Crippen LogP contribution in [-0.2, 0) is 22.3 Å². The molecule has 106 valence electrons. The van der Waals surface area contributed by atoms with Crippen LogP contribution in [0.1, 0.15) is 16.7 Å². The lowest BCUT2D eigenvalue weighted by Crippen LogP contribution is -2.01. The Morgan fingerprint density at radius 3 is 2.40 bits per heavy atom. The number of rotatable bonds is 5. The van der Waals surface area contributed by atoms with Crippen LogP contribution < -0.4 is 10.5 Å². The van der Waals surface area contributed by atoms with Crippen molar-refractivity contribution in [3.05, 3.63) is 59.2 Å². The van der Waals surface area contributed by atoms with E-state index in [1.807, 2.05) is 43.3 Å². The molecule has 3 nitrogen and oxygen atoms in total. The molecule has 4 heteroatoms. The van der Waals surface area contributed by atoms with Crippen molar-refractivity contribution in [2.24, 2.45) is 0 Å². The Morgan fingerprint density at radius 1 is 1.10 bits per heavy atom. The van der Waals surface area contributed by atoms with E-state index in [1.165, 1.54) is 5.56 Å². The molecule has 0 aliphatic carbocycles. The van der Waals surface area contributed by atoms with E-state index in [-0.39, 0.29) is 0 Å². The number of benzene rings is 2. The van der Waals surface area contributed by atoms with E-state index in [2.05, 4.69) is 6.07 Å². The molecule has 2 aromatic rings. The third-order valence-electron chi connectivity index (χ3n) is 3.03. The molecule has 0 saturated heterocycles. The second kappa shape index (κ2) is 6.57. The van der Waals surface area contributed by atoms with Gasteiger partial charge in [0.15, 0.2) is 0 Å².